The van der Waals surface area contributed by atoms with Gasteiger partial charge in [-0.15, -0.1) is 12.4 Å². The Morgan fingerprint density at radius 2 is 1.27 bits per heavy atom. The summed E-state index contributed by atoms with van der Waals surface area (Å²) in [5.41, 5.74) is 0. The highest BCUT2D eigenvalue weighted by molar-refractivity contribution is 5.85. The van der Waals surface area contributed by atoms with Crippen LogP contribution in [0.4, 0.5) is 0 Å². The summed E-state index contributed by atoms with van der Waals surface area (Å²) >= 11 is 0. The zero-order valence-corrected chi connectivity index (χ0v) is 8.44. The van der Waals surface area contributed by atoms with Gasteiger partial charge in [-0.1, -0.05) is 0 Å². The van der Waals surface area contributed by atoms with Crippen LogP contribution in [0.3, 0.4) is 0 Å². The van der Waals surface area contributed by atoms with Gasteiger partial charge in [0.1, 0.15) is 0 Å². The monoisotopic (exact) mass is 180 g/mol. The molecule has 0 atom stereocenters. The first-order valence-corrected chi connectivity index (χ1v) is 3.33. The van der Waals surface area contributed by atoms with Crippen LogP contribution in [-0.2, 0) is 4.79 Å². The van der Waals surface area contributed by atoms with E-state index in [9.17, 15) is 4.79 Å². The number of carbonyl (C=O) groups is 1. The number of carbonyl (C=O) groups excluding carboxylic acids is 1. The van der Waals surface area contributed by atoms with Gasteiger partial charge in [0.05, 0.1) is 13.1 Å². The van der Waals surface area contributed by atoms with Gasteiger partial charge in [0.15, 0.2) is 5.78 Å². The van der Waals surface area contributed by atoms with E-state index >= 15 is 0 Å². The largest absolute Gasteiger partial charge is 0.302 e. The summed E-state index contributed by atoms with van der Waals surface area (Å²) in [6.45, 7) is 1.08. The van der Waals surface area contributed by atoms with Crippen LogP contribution in [0.2, 0.25) is 0 Å². The molecule has 0 aliphatic carbocycles. The maximum atomic E-state index is 11.0. The minimum atomic E-state index is 0. The summed E-state index contributed by atoms with van der Waals surface area (Å²) in [4.78, 5) is 14.7. The molecule has 0 aromatic heterocycles. The van der Waals surface area contributed by atoms with E-state index in [1.54, 1.807) is 0 Å². The first kappa shape index (κ1) is 13.5. The zero-order chi connectivity index (χ0) is 8.15. The highest BCUT2D eigenvalue weighted by atomic mass is 35.5. The second kappa shape index (κ2) is 6.58. The van der Waals surface area contributed by atoms with Crippen LogP contribution in [0.15, 0.2) is 0 Å². The van der Waals surface area contributed by atoms with Crippen LogP contribution in [0.25, 0.3) is 0 Å². The van der Waals surface area contributed by atoms with Crippen LogP contribution in [-0.4, -0.2) is 56.9 Å². The summed E-state index contributed by atoms with van der Waals surface area (Å²) in [6, 6.07) is 0. The number of nitrogens with zero attached hydrogens (tertiary/aromatic N) is 2. The van der Waals surface area contributed by atoms with Crippen molar-refractivity contribution < 1.29 is 4.79 Å². The van der Waals surface area contributed by atoms with Crippen molar-refractivity contribution >= 4 is 18.2 Å². The molecule has 0 aliphatic heterocycles. The molecule has 68 valence electrons. The van der Waals surface area contributed by atoms with Gasteiger partial charge in [-0.05, 0) is 28.2 Å². The van der Waals surface area contributed by atoms with Crippen molar-refractivity contribution in [2.24, 2.45) is 0 Å². The maximum absolute atomic E-state index is 11.0. The van der Waals surface area contributed by atoms with Crippen molar-refractivity contribution in [2.75, 3.05) is 41.3 Å². The fourth-order valence-electron chi connectivity index (χ4n) is 0.755. The quantitative estimate of drug-likeness (QED) is 0.613. The Balaban J connectivity index is 0. The summed E-state index contributed by atoms with van der Waals surface area (Å²) in [7, 11) is 7.59. The van der Waals surface area contributed by atoms with E-state index in [2.05, 4.69) is 0 Å². The van der Waals surface area contributed by atoms with Crippen molar-refractivity contribution in [3.63, 3.8) is 0 Å². The van der Waals surface area contributed by atoms with Crippen LogP contribution >= 0.6 is 12.4 Å². The number of ketones is 1. The Morgan fingerprint density at radius 3 is 1.45 bits per heavy atom. The number of rotatable bonds is 4. The molecule has 11 heavy (non-hydrogen) atoms. The minimum absolute atomic E-state index is 0. The van der Waals surface area contributed by atoms with Gasteiger partial charge >= 0.3 is 0 Å². The highest BCUT2D eigenvalue weighted by Gasteiger charge is 2.03. The lowest BCUT2D eigenvalue weighted by Crippen LogP contribution is -2.30. The average Bonchev–Trinajstić information content (AvgIpc) is 1.58. The van der Waals surface area contributed by atoms with E-state index in [0.29, 0.717) is 13.1 Å². The first-order valence-electron chi connectivity index (χ1n) is 3.33. The molecule has 0 N–H and O–H groups in total. The van der Waals surface area contributed by atoms with Crippen LogP contribution < -0.4 is 0 Å². The summed E-state index contributed by atoms with van der Waals surface area (Å²) in [5.74, 6) is 0.259. The number of hydrogen-bond acceptors (Lipinski definition) is 3. The number of hydrogen-bond donors (Lipinski definition) is 0. The number of likely N-dealkylation sites (N-methyl/N-ethyl adjacent to an activating group) is 2. The third kappa shape index (κ3) is 9.88. The predicted molar refractivity (Wildman–Crippen MR) is 49.4 cm³/mol. The molecule has 0 bridgehead atoms. The van der Waals surface area contributed by atoms with Crippen LogP contribution in [0, 0.1) is 0 Å². The third-order valence-corrected chi connectivity index (χ3v) is 0.985. The third-order valence-electron chi connectivity index (χ3n) is 0.985. The van der Waals surface area contributed by atoms with E-state index in [-0.39, 0.29) is 18.2 Å². The lowest BCUT2D eigenvalue weighted by atomic mass is 10.3. The Bertz CT molecular complexity index is 103. The molecule has 0 heterocycles. The van der Waals surface area contributed by atoms with E-state index in [1.165, 1.54) is 0 Å². The molecule has 3 nitrogen and oxygen atoms in total. The fourth-order valence-corrected chi connectivity index (χ4v) is 0.755. The molecular formula is C7H17ClN2O. The maximum Gasteiger partial charge on any atom is 0.160 e. The van der Waals surface area contributed by atoms with Crippen molar-refractivity contribution in [1.29, 1.82) is 0 Å². The molecular weight excluding hydrogens is 164 g/mol. The van der Waals surface area contributed by atoms with Gasteiger partial charge in [0, 0.05) is 0 Å². The Kier molecular flexibility index (Phi) is 8.06. The van der Waals surface area contributed by atoms with E-state index in [1.807, 2.05) is 38.0 Å². The van der Waals surface area contributed by atoms with E-state index in [0.717, 1.165) is 0 Å². The average molecular weight is 181 g/mol. The van der Waals surface area contributed by atoms with Crippen LogP contribution in [0.1, 0.15) is 0 Å². The summed E-state index contributed by atoms with van der Waals surface area (Å²) in [6.07, 6.45) is 0. The normalized spacial score (nSPS) is 10.0. The minimum Gasteiger partial charge on any atom is -0.302 e. The van der Waals surface area contributed by atoms with Crippen molar-refractivity contribution in [3.8, 4) is 0 Å². The summed E-state index contributed by atoms with van der Waals surface area (Å²) in [5, 5.41) is 0. The fraction of sp³-hybridized carbons (Fsp3) is 0.857. The molecule has 0 radical (unpaired) electrons. The summed E-state index contributed by atoms with van der Waals surface area (Å²) < 4.78 is 0. The van der Waals surface area contributed by atoms with Gasteiger partial charge in [-0.25, -0.2) is 0 Å². The molecule has 0 aromatic carbocycles. The van der Waals surface area contributed by atoms with Gasteiger partial charge < -0.3 is 9.80 Å². The van der Waals surface area contributed by atoms with Gasteiger partial charge in [-0.2, -0.15) is 0 Å². The molecule has 0 rings (SSSR count). The molecule has 0 saturated carbocycles. The lowest BCUT2D eigenvalue weighted by molar-refractivity contribution is -0.120. The topological polar surface area (TPSA) is 23.6 Å². The van der Waals surface area contributed by atoms with Crippen molar-refractivity contribution in [1.82, 2.24) is 9.80 Å². The predicted octanol–water partition coefficient (Wildman–Crippen LogP) is 0.101. The zero-order valence-electron chi connectivity index (χ0n) is 7.63. The van der Waals surface area contributed by atoms with Crippen molar-refractivity contribution in [2.45, 2.75) is 0 Å². The molecule has 0 aliphatic rings. The second-order valence-electron chi connectivity index (χ2n) is 3.01. The SMILES string of the molecule is CN(C)CC(=O)CN(C)C.Cl. The smallest absolute Gasteiger partial charge is 0.160 e. The molecule has 0 spiro atoms. The van der Waals surface area contributed by atoms with Crippen LogP contribution in [0.5, 0.6) is 0 Å². The standard InChI is InChI=1S/C7H16N2O.ClH/c1-8(2)5-7(10)6-9(3)4;/h5-6H2,1-4H3;1H. The number of Topliss-reactive ketones (excluding diaryl/α,β-unsaturated/α-hetero) is 1. The molecule has 0 fully saturated rings. The van der Waals surface area contributed by atoms with E-state index in [4.69, 9.17) is 0 Å². The first-order chi connectivity index (χ1) is 4.52. The van der Waals surface area contributed by atoms with Gasteiger partial charge in [0.25, 0.3) is 0 Å². The molecule has 0 saturated heterocycles. The second-order valence-corrected chi connectivity index (χ2v) is 3.01. The lowest BCUT2D eigenvalue weighted by Gasteiger charge is -2.11. The number of halogens is 1. The Morgan fingerprint density at radius 1 is 1.00 bits per heavy atom. The van der Waals surface area contributed by atoms with Crippen molar-refractivity contribution in [3.05, 3.63) is 0 Å². The van der Waals surface area contributed by atoms with E-state index < -0.39 is 0 Å². The van der Waals surface area contributed by atoms with Gasteiger partial charge in [-0.3, -0.25) is 4.79 Å². The molecule has 0 unspecified atom stereocenters. The highest BCUT2D eigenvalue weighted by Crippen LogP contribution is 1.80. The Labute approximate surface area is 74.8 Å². The molecule has 0 amide bonds. The molecule has 0 aromatic rings. The molecule has 4 heteroatoms. The Hall–Kier alpha value is -0.120. The van der Waals surface area contributed by atoms with Gasteiger partial charge in [0.2, 0.25) is 0 Å².